The maximum absolute atomic E-state index is 12.3. The van der Waals surface area contributed by atoms with Crippen molar-refractivity contribution < 1.29 is 23.8 Å². The summed E-state index contributed by atoms with van der Waals surface area (Å²) in [6, 6.07) is 9.34. The number of carbonyl (C=O) groups is 1. The molecule has 0 amide bonds. The Hall–Kier alpha value is -3.28. The van der Waals surface area contributed by atoms with E-state index in [1.54, 1.807) is 6.07 Å². The van der Waals surface area contributed by atoms with Crippen molar-refractivity contribution in [2.75, 3.05) is 7.11 Å². The molecule has 2 aromatic carbocycles. The van der Waals surface area contributed by atoms with Gasteiger partial charge in [0.2, 0.25) is 0 Å². The Morgan fingerprint density at radius 1 is 1.15 bits per heavy atom. The van der Waals surface area contributed by atoms with Gasteiger partial charge in [0.25, 0.3) is 0 Å². The van der Waals surface area contributed by atoms with E-state index in [0.29, 0.717) is 22.3 Å². The first-order valence-electron chi connectivity index (χ1n) is 7.97. The molecule has 0 spiro atoms. The number of fused-ring (bicyclic) bond motifs is 1. The average molecular weight is 354 g/mol. The first-order chi connectivity index (χ1) is 12.4. The number of benzene rings is 2. The molecule has 1 aromatic heterocycles. The van der Waals surface area contributed by atoms with E-state index in [0.717, 1.165) is 11.1 Å². The minimum absolute atomic E-state index is 0.0186. The maximum atomic E-state index is 12.3. The summed E-state index contributed by atoms with van der Waals surface area (Å²) < 4.78 is 15.6. The topological polar surface area (TPSA) is 86.0 Å². The number of carbonyl (C=O) groups excluding carboxylic acids is 1. The number of hydrogen-bond donors (Lipinski definition) is 1. The zero-order valence-electron chi connectivity index (χ0n) is 14.7. The predicted molar refractivity (Wildman–Crippen MR) is 95.7 cm³/mol. The Balaban J connectivity index is 1.89. The van der Waals surface area contributed by atoms with E-state index in [4.69, 9.17) is 13.9 Å². The molecule has 1 N–H and O–H groups in total. The summed E-state index contributed by atoms with van der Waals surface area (Å²) in [5, 5.41) is 10.6. The van der Waals surface area contributed by atoms with Crippen LogP contribution in [0.4, 0.5) is 0 Å². The van der Waals surface area contributed by atoms with Crippen LogP contribution in [0.1, 0.15) is 27.0 Å². The van der Waals surface area contributed by atoms with Crippen molar-refractivity contribution >= 4 is 16.9 Å². The molecule has 0 fully saturated rings. The SMILES string of the molecule is COc1ccc(C(=O)OCc2cc(=O)oc3c(C)c(C)ccc23)c(O)c1. The lowest BCUT2D eigenvalue weighted by molar-refractivity contribution is 0.0470. The van der Waals surface area contributed by atoms with Crippen molar-refractivity contribution in [1.29, 1.82) is 0 Å². The van der Waals surface area contributed by atoms with Gasteiger partial charge in [0.1, 0.15) is 29.3 Å². The van der Waals surface area contributed by atoms with Crippen LogP contribution < -0.4 is 10.4 Å². The number of methoxy groups -OCH3 is 1. The third-order valence-corrected chi connectivity index (χ3v) is 4.30. The number of hydrogen-bond acceptors (Lipinski definition) is 6. The second-order valence-electron chi connectivity index (χ2n) is 5.93. The van der Waals surface area contributed by atoms with Crippen molar-refractivity contribution in [2.45, 2.75) is 20.5 Å². The van der Waals surface area contributed by atoms with Crippen molar-refractivity contribution in [2.24, 2.45) is 0 Å². The largest absolute Gasteiger partial charge is 0.507 e. The summed E-state index contributed by atoms with van der Waals surface area (Å²) in [6.07, 6.45) is 0. The van der Waals surface area contributed by atoms with Gasteiger partial charge in [0.05, 0.1) is 7.11 Å². The Kier molecular flexibility index (Phi) is 4.67. The van der Waals surface area contributed by atoms with E-state index >= 15 is 0 Å². The van der Waals surface area contributed by atoms with Crippen molar-refractivity contribution in [3.63, 3.8) is 0 Å². The van der Waals surface area contributed by atoms with Crippen LogP contribution in [0.2, 0.25) is 0 Å². The molecule has 3 rings (SSSR count). The Morgan fingerprint density at radius 3 is 2.62 bits per heavy atom. The second kappa shape index (κ2) is 6.92. The van der Waals surface area contributed by atoms with Crippen LogP contribution in [0.25, 0.3) is 11.0 Å². The standard InChI is InChI=1S/C20H18O6/c1-11-4-6-15-13(8-18(22)26-19(15)12(11)2)10-25-20(23)16-7-5-14(24-3)9-17(16)21/h4-9,21H,10H2,1-3H3. The number of rotatable bonds is 4. The van der Waals surface area contributed by atoms with Crippen LogP contribution in [0.15, 0.2) is 45.6 Å². The summed E-state index contributed by atoms with van der Waals surface area (Å²) in [6.45, 7) is 3.68. The van der Waals surface area contributed by atoms with Gasteiger partial charge in [-0.15, -0.1) is 0 Å². The monoisotopic (exact) mass is 354 g/mol. The number of aryl methyl sites for hydroxylation is 2. The molecule has 0 unspecified atom stereocenters. The molecular weight excluding hydrogens is 336 g/mol. The Bertz CT molecular complexity index is 1050. The molecule has 0 saturated carbocycles. The van der Waals surface area contributed by atoms with E-state index in [1.807, 2.05) is 26.0 Å². The van der Waals surface area contributed by atoms with Crippen LogP contribution in [0, 0.1) is 13.8 Å². The van der Waals surface area contributed by atoms with Crippen LogP contribution >= 0.6 is 0 Å². The van der Waals surface area contributed by atoms with Gasteiger partial charge >= 0.3 is 11.6 Å². The second-order valence-corrected chi connectivity index (χ2v) is 5.93. The number of aromatic hydroxyl groups is 1. The molecule has 6 nitrogen and oxygen atoms in total. The van der Waals surface area contributed by atoms with Gasteiger partial charge in [-0.1, -0.05) is 12.1 Å². The van der Waals surface area contributed by atoms with Gasteiger partial charge in [-0.3, -0.25) is 0 Å². The molecule has 6 heteroatoms. The van der Waals surface area contributed by atoms with E-state index < -0.39 is 11.6 Å². The smallest absolute Gasteiger partial charge is 0.342 e. The normalized spacial score (nSPS) is 10.7. The van der Waals surface area contributed by atoms with Crippen molar-refractivity contribution in [3.05, 3.63) is 69.1 Å². The number of ether oxygens (including phenoxy) is 2. The molecule has 26 heavy (non-hydrogen) atoms. The first-order valence-corrected chi connectivity index (χ1v) is 7.97. The van der Waals surface area contributed by atoms with Crippen LogP contribution in [-0.4, -0.2) is 18.2 Å². The molecule has 0 aliphatic heterocycles. The zero-order valence-corrected chi connectivity index (χ0v) is 14.7. The van der Waals surface area contributed by atoms with E-state index in [2.05, 4.69) is 0 Å². The fourth-order valence-electron chi connectivity index (χ4n) is 2.68. The Labute approximate surface area is 149 Å². The quantitative estimate of drug-likeness (QED) is 0.570. The van der Waals surface area contributed by atoms with Gasteiger partial charge < -0.3 is 19.0 Å². The van der Waals surface area contributed by atoms with E-state index in [9.17, 15) is 14.7 Å². The molecule has 0 bridgehead atoms. The summed E-state index contributed by atoms with van der Waals surface area (Å²) in [4.78, 5) is 24.1. The lowest BCUT2D eigenvalue weighted by Gasteiger charge is -2.10. The molecule has 3 aromatic rings. The third-order valence-electron chi connectivity index (χ3n) is 4.30. The maximum Gasteiger partial charge on any atom is 0.342 e. The predicted octanol–water partition coefficient (Wildman–Crippen LogP) is 3.48. The first kappa shape index (κ1) is 17.5. The lowest BCUT2D eigenvalue weighted by atomic mass is 10.0. The van der Waals surface area contributed by atoms with Gasteiger partial charge in [0.15, 0.2) is 0 Å². The minimum atomic E-state index is -0.699. The molecule has 1 heterocycles. The number of phenolic OH excluding ortho intramolecular Hbond substituents is 1. The van der Waals surface area contributed by atoms with Gasteiger partial charge in [-0.25, -0.2) is 9.59 Å². The van der Waals surface area contributed by atoms with Crippen LogP contribution in [0.5, 0.6) is 11.5 Å². The zero-order chi connectivity index (χ0) is 18.8. The summed E-state index contributed by atoms with van der Waals surface area (Å²) in [5.41, 5.74) is 2.39. The molecular formula is C20H18O6. The van der Waals surface area contributed by atoms with E-state index in [1.165, 1.54) is 25.3 Å². The lowest BCUT2D eigenvalue weighted by Crippen LogP contribution is -2.08. The summed E-state index contributed by atoms with van der Waals surface area (Å²) >= 11 is 0. The highest BCUT2D eigenvalue weighted by Gasteiger charge is 2.16. The van der Waals surface area contributed by atoms with Crippen molar-refractivity contribution in [3.8, 4) is 11.5 Å². The fraction of sp³-hybridized carbons (Fsp3) is 0.200. The fourth-order valence-corrected chi connectivity index (χ4v) is 2.68. The highest BCUT2D eigenvalue weighted by Crippen LogP contribution is 2.26. The van der Waals surface area contributed by atoms with Gasteiger partial charge in [0, 0.05) is 23.1 Å². The average Bonchev–Trinajstić information content (AvgIpc) is 2.62. The molecule has 0 atom stereocenters. The molecule has 134 valence electrons. The van der Waals surface area contributed by atoms with Gasteiger partial charge in [-0.2, -0.15) is 0 Å². The molecule has 0 aliphatic carbocycles. The Morgan fingerprint density at radius 2 is 1.92 bits per heavy atom. The highest BCUT2D eigenvalue weighted by atomic mass is 16.5. The summed E-state index contributed by atoms with van der Waals surface area (Å²) in [5.74, 6) is -0.509. The van der Waals surface area contributed by atoms with Crippen LogP contribution in [0.3, 0.4) is 0 Å². The molecule has 0 aliphatic rings. The number of esters is 1. The molecule has 0 saturated heterocycles. The molecule has 0 radical (unpaired) electrons. The van der Waals surface area contributed by atoms with Crippen molar-refractivity contribution in [1.82, 2.24) is 0 Å². The van der Waals surface area contributed by atoms with Gasteiger partial charge in [-0.05, 0) is 37.1 Å². The minimum Gasteiger partial charge on any atom is -0.507 e. The van der Waals surface area contributed by atoms with E-state index in [-0.39, 0.29) is 17.9 Å². The van der Waals surface area contributed by atoms with Crippen LogP contribution in [-0.2, 0) is 11.3 Å². The third kappa shape index (κ3) is 3.26. The number of phenols is 1. The highest BCUT2D eigenvalue weighted by molar-refractivity contribution is 5.93. The summed E-state index contributed by atoms with van der Waals surface area (Å²) in [7, 11) is 1.46.